The van der Waals surface area contributed by atoms with Gasteiger partial charge in [0.05, 0.1) is 6.54 Å². The summed E-state index contributed by atoms with van der Waals surface area (Å²) in [5.41, 5.74) is 0.476. The second-order valence-corrected chi connectivity index (χ2v) is 3.98. The topological polar surface area (TPSA) is 128 Å². The van der Waals surface area contributed by atoms with Gasteiger partial charge < -0.3 is 20.8 Å². The predicted octanol–water partition coefficient (Wildman–Crippen LogP) is -0.872. The van der Waals surface area contributed by atoms with Crippen molar-refractivity contribution in [1.29, 1.82) is 0 Å². The number of hydrogen-bond donors (Lipinski definition) is 4. The summed E-state index contributed by atoms with van der Waals surface area (Å²) in [5.74, 6) is -2.21. The number of carboxylic acid groups (broad SMARTS) is 1. The van der Waals surface area contributed by atoms with Crippen LogP contribution in [0.4, 0.5) is 0 Å². The fraction of sp³-hybridized carbons (Fsp3) is 0.231. The lowest BCUT2D eigenvalue weighted by Gasteiger charge is -2.03. The number of aromatic hydroxyl groups is 1. The molecule has 0 aliphatic rings. The monoisotopic (exact) mass is 293 g/mol. The second-order valence-electron chi connectivity index (χ2n) is 3.98. The minimum absolute atomic E-state index is 0.0507. The molecular weight excluding hydrogens is 278 g/mol. The van der Waals surface area contributed by atoms with Crippen molar-refractivity contribution >= 4 is 24.0 Å². The summed E-state index contributed by atoms with van der Waals surface area (Å²) in [4.78, 5) is 36.5. The van der Waals surface area contributed by atoms with Gasteiger partial charge in [-0.3, -0.25) is 19.4 Å². The predicted molar refractivity (Wildman–Crippen MR) is 74.2 cm³/mol. The standard InChI is InChI=1S/C13H15N3O5/c17-10-4-2-1-3-9(10)5-14-6-11(18)15-7-12(19)16-8-13(20)21/h1-5,17H,6-8H2,(H,15,18)(H,16,19)(H,20,21). The average molecular weight is 293 g/mol. The summed E-state index contributed by atoms with van der Waals surface area (Å²) in [6.07, 6.45) is 1.35. The molecule has 0 aromatic heterocycles. The molecule has 112 valence electrons. The molecule has 2 amide bonds. The molecule has 0 heterocycles. The van der Waals surface area contributed by atoms with Crippen LogP contribution in [0.5, 0.6) is 5.75 Å². The molecule has 0 saturated carbocycles. The van der Waals surface area contributed by atoms with Crippen molar-refractivity contribution in [2.75, 3.05) is 19.6 Å². The normalized spacial score (nSPS) is 10.3. The molecule has 21 heavy (non-hydrogen) atoms. The SMILES string of the molecule is O=C(O)CNC(=O)CNC(=O)CN=Cc1ccccc1O. The number of carbonyl (C=O) groups excluding carboxylic acids is 2. The van der Waals surface area contributed by atoms with Crippen LogP contribution in [0.15, 0.2) is 29.3 Å². The molecule has 0 atom stereocenters. The number of carboxylic acids is 1. The zero-order valence-electron chi connectivity index (χ0n) is 11.1. The average Bonchev–Trinajstić information content (AvgIpc) is 2.45. The van der Waals surface area contributed by atoms with E-state index in [1.807, 2.05) is 0 Å². The Morgan fingerprint density at radius 1 is 1.10 bits per heavy atom. The first-order valence-electron chi connectivity index (χ1n) is 6.02. The van der Waals surface area contributed by atoms with E-state index < -0.39 is 24.3 Å². The van der Waals surface area contributed by atoms with Crippen molar-refractivity contribution in [3.63, 3.8) is 0 Å². The quantitative estimate of drug-likeness (QED) is 0.486. The number of hydrogen-bond acceptors (Lipinski definition) is 5. The molecular formula is C13H15N3O5. The van der Waals surface area contributed by atoms with E-state index in [-0.39, 0.29) is 18.8 Å². The number of aliphatic carboxylic acids is 1. The molecule has 0 fully saturated rings. The zero-order valence-corrected chi connectivity index (χ0v) is 11.1. The lowest BCUT2D eigenvalue weighted by Crippen LogP contribution is -2.39. The highest BCUT2D eigenvalue weighted by molar-refractivity contribution is 5.89. The van der Waals surface area contributed by atoms with Crippen LogP contribution in [0, 0.1) is 0 Å². The molecule has 0 saturated heterocycles. The molecule has 8 nitrogen and oxygen atoms in total. The molecule has 0 radical (unpaired) electrons. The van der Waals surface area contributed by atoms with Gasteiger partial charge in [0.2, 0.25) is 11.8 Å². The summed E-state index contributed by atoms with van der Waals surface area (Å²) < 4.78 is 0. The van der Waals surface area contributed by atoms with Crippen molar-refractivity contribution in [2.45, 2.75) is 0 Å². The summed E-state index contributed by atoms with van der Waals surface area (Å²) in [6, 6.07) is 6.51. The zero-order chi connectivity index (χ0) is 15.7. The van der Waals surface area contributed by atoms with Crippen molar-refractivity contribution in [1.82, 2.24) is 10.6 Å². The number of nitrogens with one attached hydrogen (secondary N) is 2. The minimum Gasteiger partial charge on any atom is -0.507 e. The highest BCUT2D eigenvalue weighted by atomic mass is 16.4. The first kappa shape index (κ1) is 16.2. The van der Waals surface area contributed by atoms with Crippen LogP contribution in [0.1, 0.15) is 5.56 Å². The molecule has 0 aliphatic heterocycles. The van der Waals surface area contributed by atoms with Gasteiger partial charge in [0.25, 0.3) is 0 Å². The number of carbonyl (C=O) groups is 3. The third-order valence-electron chi connectivity index (χ3n) is 2.28. The van der Waals surface area contributed by atoms with Crippen molar-refractivity contribution < 1.29 is 24.6 Å². The van der Waals surface area contributed by atoms with Crippen molar-refractivity contribution in [3.8, 4) is 5.75 Å². The van der Waals surface area contributed by atoms with Crippen LogP contribution in [0.2, 0.25) is 0 Å². The Hall–Kier alpha value is -2.90. The first-order valence-corrected chi connectivity index (χ1v) is 6.02. The van der Waals surface area contributed by atoms with E-state index in [0.717, 1.165) is 0 Å². The number of amides is 2. The summed E-state index contributed by atoms with van der Waals surface area (Å²) in [6.45, 7) is -1.03. The fourth-order valence-electron chi connectivity index (χ4n) is 1.30. The van der Waals surface area contributed by atoms with E-state index in [4.69, 9.17) is 5.11 Å². The Balaban J connectivity index is 2.30. The van der Waals surface area contributed by atoms with E-state index >= 15 is 0 Å². The van der Waals surface area contributed by atoms with Gasteiger partial charge >= 0.3 is 5.97 Å². The van der Waals surface area contributed by atoms with Gasteiger partial charge in [0.15, 0.2) is 0 Å². The summed E-state index contributed by atoms with van der Waals surface area (Å²) in [5, 5.41) is 22.2. The van der Waals surface area contributed by atoms with Crippen LogP contribution in [-0.2, 0) is 14.4 Å². The van der Waals surface area contributed by atoms with E-state index in [1.54, 1.807) is 18.2 Å². The molecule has 0 spiro atoms. The third kappa shape index (κ3) is 6.71. The van der Waals surface area contributed by atoms with E-state index in [1.165, 1.54) is 12.3 Å². The number of benzene rings is 1. The van der Waals surface area contributed by atoms with Gasteiger partial charge in [-0.2, -0.15) is 0 Å². The van der Waals surface area contributed by atoms with Gasteiger partial charge in [-0.25, -0.2) is 0 Å². The van der Waals surface area contributed by atoms with Gasteiger partial charge in [0, 0.05) is 11.8 Å². The number of para-hydroxylation sites is 1. The Labute approximate surface area is 120 Å². The highest BCUT2D eigenvalue weighted by Crippen LogP contribution is 2.12. The number of nitrogens with zero attached hydrogens (tertiary/aromatic N) is 1. The second kappa shape index (κ2) is 8.31. The maximum absolute atomic E-state index is 11.4. The van der Waals surface area contributed by atoms with Gasteiger partial charge in [0.1, 0.15) is 18.8 Å². The summed E-state index contributed by atoms with van der Waals surface area (Å²) >= 11 is 0. The molecule has 1 aromatic rings. The lowest BCUT2D eigenvalue weighted by atomic mass is 10.2. The Bertz CT molecular complexity index is 556. The molecule has 0 unspecified atom stereocenters. The van der Waals surface area contributed by atoms with E-state index in [9.17, 15) is 19.5 Å². The summed E-state index contributed by atoms with van der Waals surface area (Å²) in [7, 11) is 0. The first-order chi connectivity index (χ1) is 9.99. The van der Waals surface area contributed by atoms with Crippen molar-refractivity contribution in [2.24, 2.45) is 4.99 Å². The van der Waals surface area contributed by atoms with Crippen molar-refractivity contribution in [3.05, 3.63) is 29.8 Å². The molecule has 0 aliphatic carbocycles. The van der Waals surface area contributed by atoms with Crippen LogP contribution >= 0.6 is 0 Å². The Morgan fingerprint density at radius 2 is 1.76 bits per heavy atom. The molecule has 0 bridgehead atoms. The fourth-order valence-corrected chi connectivity index (χ4v) is 1.30. The number of aliphatic imine (C=N–C) groups is 1. The lowest BCUT2D eigenvalue weighted by molar-refractivity contribution is -0.137. The highest BCUT2D eigenvalue weighted by Gasteiger charge is 2.06. The molecule has 4 N–H and O–H groups in total. The van der Waals surface area contributed by atoms with Crippen LogP contribution in [0.3, 0.4) is 0 Å². The minimum atomic E-state index is -1.16. The number of phenols is 1. The molecule has 1 aromatic carbocycles. The van der Waals surface area contributed by atoms with Crippen LogP contribution in [0.25, 0.3) is 0 Å². The van der Waals surface area contributed by atoms with Crippen LogP contribution < -0.4 is 10.6 Å². The van der Waals surface area contributed by atoms with E-state index in [0.29, 0.717) is 5.56 Å². The maximum Gasteiger partial charge on any atom is 0.322 e. The largest absolute Gasteiger partial charge is 0.507 e. The number of rotatable bonds is 7. The molecule has 8 heteroatoms. The Morgan fingerprint density at radius 3 is 2.43 bits per heavy atom. The molecule has 1 rings (SSSR count). The number of phenolic OH excluding ortho intramolecular Hbond substituents is 1. The Kier molecular flexibility index (Phi) is 6.39. The van der Waals surface area contributed by atoms with E-state index in [2.05, 4.69) is 15.6 Å². The van der Waals surface area contributed by atoms with Crippen LogP contribution in [-0.4, -0.2) is 53.8 Å². The third-order valence-corrected chi connectivity index (χ3v) is 2.28. The van der Waals surface area contributed by atoms with Gasteiger partial charge in [-0.1, -0.05) is 12.1 Å². The smallest absolute Gasteiger partial charge is 0.322 e. The maximum atomic E-state index is 11.4. The van der Waals surface area contributed by atoms with Gasteiger partial charge in [-0.05, 0) is 12.1 Å². The van der Waals surface area contributed by atoms with Gasteiger partial charge in [-0.15, -0.1) is 0 Å².